The third-order valence-electron chi connectivity index (χ3n) is 1.37. The van der Waals surface area contributed by atoms with Gasteiger partial charge in [-0.2, -0.15) is 0 Å². The summed E-state index contributed by atoms with van der Waals surface area (Å²) in [5, 5.41) is 0. The molecule has 0 radical (unpaired) electrons. The van der Waals surface area contributed by atoms with E-state index in [1.165, 1.54) is 0 Å². The Labute approximate surface area is 73.1 Å². The summed E-state index contributed by atoms with van der Waals surface area (Å²) in [7, 11) is 0. The Morgan fingerprint density at radius 1 is 1.50 bits per heavy atom. The zero-order chi connectivity index (χ0) is 8.65. The van der Waals surface area contributed by atoms with Gasteiger partial charge in [-0.15, -0.1) is 0 Å². The standard InChI is InChI=1S/C11H10O/c1-2-3-4-5-6-8-11-9-7-10-12-11/h6-8,10-11H,9H2,1H3. The van der Waals surface area contributed by atoms with Gasteiger partial charge in [-0.25, -0.2) is 0 Å². The summed E-state index contributed by atoms with van der Waals surface area (Å²) in [6, 6.07) is 0. The number of hydrogen-bond donors (Lipinski definition) is 0. The van der Waals surface area contributed by atoms with E-state index >= 15 is 0 Å². The highest BCUT2D eigenvalue weighted by Crippen LogP contribution is 2.08. The molecule has 0 bridgehead atoms. The fourth-order valence-electron chi connectivity index (χ4n) is 0.821. The fourth-order valence-corrected chi connectivity index (χ4v) is 0.821. The Morgan fingerprint density at radius 2 is 2.42 bits per heavy atom. The van der Waals surface area contributed by atoms with E-state index in [0.29, 0.717) is 0 Å². The summed E-state index contributed by atoms with van der Waals surface area (Å²) in [5.41, 5.74) is 0. The van der Waals surface area contributed by atoms with Crippen molar-refractivity contribution in [2.24, 2.45) is 0 Å². The van der Waals surface area contributed by atoms with E-state index in [1.807, 2.05) is 12.2 Å². The molecule has 0 aliphatic carbocycles. The van der Waals surface area contributed by atoms with Crippen molar-refractivity contribution in [1.82, 2.24) is 0 Å². The average Bonchev–Trinajstić information content (AvgIpc) is 2.57. The SMILES string of the molecule is CC#CC#CC=CC1CC=CO1. The predicted octanol–water partition coefficient (Wildman–Crippen LogP) is 1.87. The lowest BCUT2D eigenvalue weighted by Crippen LogP contribution is -1.97. The van der Waals surface area contributed by atoms with Crippen molar-refractivity contribution in [3.63, 3.8) is 0 Å². The molecule has 1 unspecified atom stereocenters. The van der Waals surface area contributed by atoms with E-state index in [0.717, 1.165) is 6.42 Å². The summed E-state index contributed by atoms with van der Waals surface area (Å²) in [5.74, 6) is 10.8. The molecular formula is C11H10O. The molecule has 1 aliphatic heterocycles. The molecule has 0 amide bonds. The molecule has 0 saturated carbocycles. The molecule has 0 fully saturated rings. The number of hydrogen-bond acceptors (Lipinski definition) is 1. The molecule has 0 aromatic rings. The van der Waals surface area contributed by atoms with E-state index in [9.17, 15) is 0 Å². The summed E-state index contributed by atoms with van der Waals surface area (Å²) in [6.07, 6.45) is 8.54. The second-order valence-corrected chi connectivity index (χ2v) is 2.29. The van der Waals surface area contributed by atoms with Gasteiger partial charge in [0, 0.05) is 6.42 Å². The molecule has 60 valence electrons. The Balaban J connectivity index is 2.30. The van der Waals surface area contributed by atoms with Crippen LogP contribution in [0.4, 0.5) is 0 Å². The van der Waals surface area contributed by atoms with Crippen LogP contribution in [0.15, 0.2) is 24.5 Å². The summed E-state index contributed by atoms with van der Waals surface area (Å²) >= 11 is 0. The highest BCUT2D eigenvalue weighted by atomic mass is 16.5. The fraction of sp³-hybridized carbons (Fsp3) is 0.273. The lowest BCUT2D eigenvalue weighted by molar-refractivity contribution is 0.214. The van der Waals surface area contributed by atoms with Gasteiger partial charge in [-0.05, 0) is 37.0 Å². The minimum atomic E-state index is 0.175. The molecule has 1 rings (SSSR count). The Kier molecular flexibility index (Phi) is 3.61. The van der Waals surface area contributed by atoms with Crippen LogP contribution < -0.4 is 0 Å². The second kappa shape index (κ2) is 5.10. The topological polar surface area (TPSA) is 9.23 Å². The quantitative estimate of drug-likeness (QED) is 0.529. The molecule has 12 heavy (non-hydrogen) atoms. The minimum absolute atomic E-state index is 0.175. The molecule has 0 spiro atoms. The van der Waals surface area contributed by atoms with Gasteiger partial charge < -0.3 is 4.74 Å². The zero-order valence-corrected chi connectivity index (χ0v) is 7.00. The van der Waals surface area contributed by atoms with Gasteiger partial charge in [-0.3, -0.25) is 0 Å². The minimum Gasteiger partial charge on any atom is -0.494 e. The zero-order valence-electron chi connectivity index (χ0n) is 7.00. The lowest BCUT2D eigenvalue weighted by atomic mass is 10.2. The third-order valence-corrected chi connectivity index (χ3v) is 1.37. The predicted molar refractivity (Wildman–Crippen MR) is 49.0 cm³/mol. The molecule has 1 aliphatic rings. The largest absolute Gasteiger partial charge is 0.494 e. The maximum absolute atomic E-state index is 5.19. The van der Waals surface area contributed by atoms with Crippen molar-refractivity contribution in [3.8, 4) is 23.7 Å². The van der Waals surface area contributed by atoms with Crippen LogP contribution in [0, 0.1) is 23.7 Å². The summed E-state index contributed by atoms with van der Waals surface area (Å²) in [4.78, 5) is 0. The molecule has 1 atom stereocenters. The van der Waals surface area contributed by atoms with Crippen LogP contribution in [-0.4, -0.2) is 6.10 Å². The first-order chi connectivity index (χ1) is 5.93. The van der Waals surface area contributed by atoms with Crippen LogP contribution >= 0.6 is 0 Å². The maximum atomic E-state index is 5.19. The van der Waals surface area contributed by atoms with E-state index in [2.05, 4.69) is 23.7 Å². The van der Waals surface area contributed by atoms with Gasteiger partial charge in [0.05, 0.1) is 6.26 Å². The van der Waals surface area contributed by atoms with E-state index in [4.69, 9.17) is 4.74 Å². The third kappa shape index (κ3) is 2.99. The van der Waals surface area contributed by atoms with Gasteiger partial charge >= 0.3 is 0 Å². The molecular weight excluding hydrogens is 148 g/mol. The van der Waals surface area contributed by atoms with Crippen molar-refractivity contribution in [1.29, 1.82) is 0 Å². The van der Waals surface area contributed by atoms with Crippen molar-refractivity contribution in [3.05, 3.63) is 24.5 Å². The highest BCUT2D eigenvalue weighted by Gasteiger charge is 2.04. The first-order valence-electron chi connectivity index (χ1n) is 3.83. The molecule has 1 heteroatoms. The molecule has 0 aromatic heterocycles. The monoisotopic (exact) mass is 158 g/mol. The summed E-state index contributed by atoms with van der Waals surface area (Å²) < 4.78 is 5.19. The van der Waals surface area contributed by atoms with Gasteiger partial charge in [0.15, 0.2) is 0 Å². The van der Waals surface area contributed by atoms with E-state index in [1.54, 1.807) is 19.3 Å². The van der Waals surface area contributed by atoms with Crippen molar-refractivity contribution < 1.29 is 4.74 Å². The molecule has 1 heterocycles. The van der Waals surface area contributed by atoms with Crippen LogP contribution in [0.3, 0.4) is 0 Å². The van der Waals surface area contributed by atoms with Gasteiger partial charge in [0.25, 0.3) is 0 Å². The molecule has 1 nitrogen and oxygen atoms in total. The number of ether oxygens (including phenoxy) is 1. The van der Waals surface area contributed by atoms with Crippen LogP contribution in [0.1, 0.15) is 13.3 Å². The van der Waals surface area contributed by atoms with Crippen molar-refractivity contribution in [2.75, 3.05) is 0 Å². The molecule has 0 aromatic carbocycles. The van der Waals surface area contributed by atoms with Crippen molar-refractivity contribution in [2.45, 2.75) is 19.4 Å². The molecule has 0 saturated heterocycles. The van der Waals surface area contributed by atoms with Crippen LogP contribution in [0.2, 0.25) is 0 Å². The normalized spacial score (nSPS) is 19.2. The van der Waals surface area contributed by atoms with Crippen molar-refractivity contribution >= 4 is 0 Å². The maximum Gasteiger partial charge on any atom is 0.120 e. The van der Waals surface area contributed by atoms with Crippen LogP contribution in [0.25, 0.3) is 0 Å². The van der Waals surface area contributed by atoms with Crippen LogP contribution in [-0.2, 0) is 4.74 Å². The second-order valence-electron chi connectivity index (χ2n) is 2.29. The summed E-state index contributed by atoms with van der Waals surface area (Å²) in [6.45, 7) is 1.77. The number of allylic oxidation sites excluding steroid dienone is 1. The highest BCUT2D eigenvalue weighted by molar-refractivity contribution is 5.30. The van der Waals surface area contributed by atoms with Crippen LogP contribution in [0.5, 0.6) is 0 Å². The lowest BCUT2D eigenvalue weighted by Gasteiger charge is -2.00. The Morgan fingerprint density at radius 3 is 3.08 bits per heavy atom. The first kappa shape index (κ1) is 8.50. The van der Waals surface area contributed by atoms with Gasteiger partial charge in [0.2, 0.25) is 0 Å². The van der Waals surface area contributed by atoms with E-state index < -0.39 is 0 Å². The first-order valence-corrected chi connectivity index (χ1v) is 3.83. The Hall–Kier alpha value is -1.60. The van der Waals surface area contributed by atoms with E-state index in [-0.39, 0.29) is 6.10 Å². The van der Waals surface area contributed by atoms with Gasteiger partial charge in [0.1, 0.15) is 6.10 Å². The smallest absolute Gasteiger partial charge is 0.120 e. The molecule has 0 N–H and O–H groups in total. The van der Waals surface area contributed by atoms with Gasteiger partial charge in [-0.1, -0.05) is 11.8 Å². The number of rotatable bonds is 1. The average molecular weight is 158 g/mol. The Bertz CT molecular complexity index is 293.